The minimum absolute atomic E-state index is 0.00133. The van der Waals surface area contributed by atoms with E-state index in [1.807, 2.05) is 0 Å². The molecule has 0 aromatic heterocycles. The van der Waals surface area contributed by atoms with Gasteiger partial charge in [0.2, 0.25) is 17.6 Å². The molecule has 119 heavy (non-hydrogen) atoms. The Morgan fingerprint density at radius 1 is 0.319 bits per heavy atom. The van der Waals surface area contributed by atoms with Crippen molar-refractivity contribution >= 4 is 64.4 Å². The highest BCUT2D eigenvalue weighted by Gasteiger charge is 2.43. The summed E-state index contributed by atoms with van der Waals surface area (Å²) in [6.45, 7) is 28.1. The lowest BCUT2D eigenvalue weighted by Gasteiger charge is -2.43. The Bertz CT molecular complexity index is 2910. The van der Waals surface area contributed by atoms with Crippen LogP contribution in [-0.4, -0.2) is 246 Å². The van der Waals surface area contributed by atoms with E-state index in [0.29, 0.717) is 206 Å². The maximum atomic E-state index is 13.9. The van der Waals surface area contributed by atoms with Crippen molar-refractivity contribution in [2.75, 3.05) is 139 Å². The van der Waals surface area contributed by atoms with Crippen molar-refractivity contribution in [2.45, 2.75) is 300 Å². The van der Waals surface area contributed by atoms with Crippen LogP contribution in [0.25, 0.3) is 0 Å². The van der Waals surface area contributed by atoms with Crippen LogP contribution in [0.2, 0.25) is 0 Å². The minimum Gasteiger partial charge on any atom is -0.463 e. The van der Waals surface area contributed by atoms with Crippen LogP contribution in [0.4, 0.5) is 0 Å². The van der Waals surface area contributed by atoms with Crippen molar-refractivity contribution in [3.63, 3.8) is 0 Å². The fourth-order valence-corrected chi connectivity index (χ4v) is 14.4. The SMILES string of the molecule is C#CC(=O)CCCOCCOCCOCCOCCC(=O)CC(COCCC(=O)CCCCCC(=O)CCCCOC1OC(COC(C)=O)C(C)C(C)C1C)C(COCCC(=O)NCCCNC(=O)CCCCOC1OC(COC(C)=O)C(C)C(C)C1C)OCCC(=O)CCCCCC(=O)CCCCOC1OC(COC(C)=O)C(C)C(C)C1C. The third-order valence-electron chi connectivity index (χ3n) is 23.3. The molecule has 0 bridgehead atoms. The summed E-state index contributed by atoms with van der Waals surface area (Å²) in [6.07, 6.45) is 14.4. The van der Waals surface area contributed by atoms with Crippen molar-refractivity contribution in [1.29, 1.82) is 0 Å². The lowest BCUT2D eigenvalue weighted by atomic mass is 9.79. The molecule has 0 saturated carbocycles. The molecule has 0 aromatic carbocycles. The highest BCUT2D eigenvalue weighted by Crippen LogP contribution is 2.39. The molecular weight excluding hydrogens is 1540 g/mol. The van der Waals surface area contributed by atoms with Gasteiger partial charge in [0.1, 0.15) is 48.7 Å². The number of rotatable bonds is 73. The van der Waals surface area contributed by atoms with Crippen molar-refractivity contribution in [2.24, 2.45) is 59.2 Å². The molecule has 0 radical (unpaired) electrons. The second-order valence-electron chi connectivity index (χ2n) is 32.8. The Morgan fingerprint density at radius 3 is 1.07 bits per heavy atom. The van der Waals surface area contributed by atoms with Gasteiger partial charge in [0, 0.05) is 167 Å². The van der Waals surface area contributed by atoms with Gasteiger partial charge in [-0.25, -0.2) is 0 Å². The number of hydrogen-bond acceptors (Lipinski definition) is 27. The molecule has 3 rings (SSSR count). The lowest BCUT2D eigenvalue weighted by molar-refractivity contribution is -0.255. The predicted octanol–water partition coefficient (Wildman–Crippen LogP) is 11.5. The zero-order valence-corrected chi connectivity index (χ0v) is 74.4. The zero-order valence-electron chi connectivity index (χ0n) is 74.4. The first-order valence-corrected chi connectivity index (χ1v) is 44.5. The topological polar surface area (TPSA) is 360 Å². The van der Waals surface area contributed by atoms with Crippen molar-refractivity contribution in [3.05, 3.63) is 0 Å². The number of ether oxygens (including phenoxy) is 16. The van der Waals surface area contributed by atoms with E-state index in [0.717, 1.165) is 0 Å². The van der Waals surface area contributed by atoms with Gasteiger partial charge in [0.05, 0.1) is 104 Å². The molecule has 3 heterocycles. The van der Waals surface area contributed by atoms with Gasteiger partial charge in [0.15, 0.2) is 18.9 Å². The molecule has 29 heteroatoms. The van der Waals surface area contributed by atoms with E-state index in [1.54, 1.807) is 0 Å². The van der Waals surface area contributed by atoms with Crippen LogP contribution in [0.3, 0.4) is 0 Å². The Hall–Kier alpha value is -5.59. The summed E-state index contributed by atoms with van der Waals surface area (Å²) in [6, 6.07) is 0. The van der Waals surface area contributed by atoms with E-state index in [-0.39, 0.29) is 242 Å². The number of nitrogens with one attached hydrogen (secondary N) is 2. The van der Waals surface area contributed by atoms with Crippen LogP contribution in [0.1, 0.15) is 256 Å². The van der Waals surface area contributed by atoms with Gasteiger partial charge >= 0.3 is 17.9 Å². The maximum absolute atomic E-state index is 13.9. The van der Waals surface area contributed by atoms with Gasteiger partial charge in [-0.2, -0.15) is 0 Å². The molecule has 3 aliphatic rings. The number of carbonyl (C=O) groups is 11. The number of unbranched alkanes of at least 4 members (excludes halogenated alkanes) is 7. The molecule has 684 valence electrons. The third-order valence-corrected chi connectivity index (χ3v) is 23.3. The summed E-state index contributed by atoms with van der Waals surface area (Å²) in [5.74, 6) is 1.82. The average Bonchev–Trinajstić information content (AvgIpc) is 0.825. The van der Waals surface area contributed by atoms with Crippen LogP contribution >= 0.6 is 0 Å². The smallest absolute Gasteiger partial charge is 0.302 e. The predicted molar refractivity (Wildman–Crippen MR) is 444 cm³/mol. The van der Waals surface area contributed by atoms with Gasteiger partial charge in [-0.1, -0.05) is 75.2 Å². The standard InChI is InChI=1S/C90H152N2O27/c1-14-76(96)35-27-43-104-51-53-106-55-56-107-54-52-105-47-38-81(101)57-75(58-108-48-37-79(99)31-19-15-17-29-77(97)33-21-24-44-111-88-69(8)63(2)66(5)82(117-88)60-114-72(11)93)85(110-50-39-80(100)32-20-16-18-30-78(98)34-22-25-45-112-89-70(9)64(3)67(6)83(118-89)61-115-73(12)94)59-109-49-40-87(103)92-42-28-41-91-86(102)36-23-26-46-113-90-71(10)65(4)68(7)84(119-90)62-116-74(13)95/h1,63-71,75,82-85,88-90H,15-62H2,2-13H3,(H,91,102)(H,92,103). The number of ketones is 6. The average molecular weight is 1690 g/mol. The molecule has 2 amide bonds. The molecule has 0 spiro atoms. The first kappa shape index (κ1) is 108. The Kier molecular flexibility index (Phi) is 59.7. The van der Waals surface area contributed by atoms with E-state index in [9.17, 15) is 52.7 Å². The molecule has 29 nitrogen and oxygen atoms in total. The first-order valence-electron chi connectivity index (χ1n) is 44.5. The Labute approximate surface area is 710 Å². The highest BCUT2D eigenvalue weighted by atomic mass is 16.7. The van der Waals surface area contributed by atoms with E-state index < -0.39 is 30.9 Å². The van der Waals surface area contributed by atoms with Crippen molar-refractivity contribution in [1.82, 2.24) is 10.6 Å². The van der Waals surface area contributed by atoms with Gasteiger partial charge in [-0.3, -0.25) is 52.7 Å². The summed E-state index contributed by atoms with van der Waals surface area (Å²) in [7, 11) is 0. The molecule has 3 saturated heterocycles. The van der Waals surface area contributed by atoms with E-state index in [4.69, 9.17) is 82.2 Å². The zero-order chi connectivity index (χ0) is 87.5. The van der Waals surface area contributed by atoms with Gasteiger partial charge < -0.3 is 86.4 Å². The number of hydrogen-bond donors (Lipinski definition) is 2. The monoisotopic (exact) mass is 1690 g/mol. The number of Topliss-reactive ketones (excluding diaryl/α,β-unsaturated/α-hetero) is 6. The maximum Gasteiger partial charge on any atom is 0.302 e. The van der Waals surface area contributed by atoms with Crippen LogP contribution in [0.15, 0.2) is 0 Å². The van der Waals surface area contributed by atoms with Crippen LogP contribution in [-0.2, 0) is 129 Å². The molecule has 3 fully saturated rings. The second-order valence-corrected chi connectivity index (χ2v) is 32.8. The van der Waals surface area contributed by atoms with Crippen LogP contribution < -0.4 is 10.6 Å². The van der Waals surface area contributed by atoms with Crippen LogP contribution in [0, 0.1) is 71.5 Å². The van der Waals surface area contributed by atoms with E-state index in [1.165, 1.54) is 20.8 Å². The third kappa shape index (κ3) is 50.1. The number of amides is 2. The summed E-state index contributed by atoms with van der Waals surface area (Å²) < 4.78 is 93.8. The summed E-state index contributed by atoms with van der Waals surface area (Å²) >= 11 is 0. The van der Waals surface area contributed by atoms with Gasteiger partial charge in [0.25, 0.3) is 0 Å². The molecule has 17 unspecified atom stereocenters. The highest BCUT2D eigenvalue weighted by molar-refractivity contribution is 5.94. The van der Waals surface area contributed by atoms with E-state index in [2.05, 4.69) is 78.9 Å². The largest absolute Gasteiger partial charge is 0.463 e. The summed E-state index contributed by atoms with van der Waals surface area (Å²) in [5, 5.41) is 5.79. The fourth-order valence-electron chi connectivity index (χ4n) is 14.4. The van der Waals surface area contributed by atoms with Crippen molar-refractivity contribution < 1.29 is 129 Å². The normalized spacial score (nSPS) is 23.5. The quantitative estimate of drug-likeness (QED) is 0.0188. The van der Waals surface area contributed by atoms with Crippen LogP contribution in [0.5, 0.6) is 0 Å². The van der Waals surface area contributed by atoms with E-state index >= 15 is 0 Å². The van der Waals surface area contributed by atoms with Gasteiger partial charge in [-0.15, -0.1) is 6.42 Å². The summed E-state index contributed by atoms with van der Waals surface area (Å²) in [5.41, 5.74) is 0. The van der Waals surface area contributed by atoms with Gasteiger partial charge in [-0.05, 0) is 118 Å². The second kappa shape index (κ2) is 66.0. The number of esters is 3. The summed E-state index contributed by atoms with van der Waals surface area (Å²) in [4.78, 5) is 138. The Morgan fingerprint density at radius 2 is 0.655 bits per heavy atom. The molecule has 0 aromatic rings. The lowest BCUT2D eigenvalue weighted by Crippen LogP contribution is -2.47. The minimum atomic E-state index is -0.775. The fraction of sp³-hybridized carbons (Fsp3) is 0.856. The van der Waals surface area contributed by atoms with Crippen molar-refractivity contribution in [3.8, 4) is 12.3 Å². The number of carbonyl (C=O) groups excluding carboxylic acids is 11. The molecular formula is C90H152N2O27. The first-order chi connectivity index (χ1) is 57.1. The molecule has 3 aliphatic heterocycles. The molecule has 2 N–H and O–H groups in total. The molecule has 17 atom stereocenters. The number of terminal acetylenes is 1. The molecule has 0 aliphatic carbocycles. The Balaban J connectivity index is 1.55.